The van der Waals surface area contributed by atoms with Gasteiger partial charge in [-0.2, -0.15) is 4.98 Å². The number of nitrogens with one attached hydrogen (secondary N) is 1. The lowest BCUT2D eigenvalue weighted by atomic mass is 9.68. The van der Waals surface area contributed by atoms with Gasteiger partial charge in [0.2, 0.25) is 17.8 Å². The third-order valence-corrected chi connectivity index (χ3v) is 7.13. The van der Waals surface area contributed by atoms with Crippen molar-refractivity contribution >= 4 is 29.2 Å². The Hall–Kier alpha value is -4.27. The fraction of sp³-hybridized carbons (Fsp3) is 0.269. The van der Waals surface area contributed by atoms with Crippen LogP contribution in [0, 0.1) is 5.41 Å². The van der Waals surface area contributed by atoms with Gasteiger partial charge in [0.1, 0.15) is 0 Å². The van der Waals surface area contributed by atoms with Gasteiger partial charge in [0.25, 0.3) is 0 Å². The SMILES string of the molecule is Cn1nc(-c2ccc(N3CCC4(CCC4)C3=O)cc2)nc1Nc1ccc(-c2ccnc(N)n2)cc1. The van der Waals surface area contributed by atoms with Gasteiger partial charge in [0.15, 0.2) is 5.82 Å². The Labute approximate surface area is 203 Å². The van der Waals surface area contributed by atoms with E-state index in [4.69, 9.17) is 5.73 Å². The molecule has 1 spiro atoms. The van der Waals surface area contributed by atoms with Gasteiger partial charge in [0, 0.05) is 42.3 Å². The molecule has 0 atom stereocenters. The van der Waals surface area contributed by atoms with E-state index < -0.39 is 0 Å². The number of benzene rings is 2. The Morgan fingerprint density at radius 1 is 0.943 bits per heavy atom. The smallest absolute Gasteiger partial charge is 0.233 e. The number of hydrogen-bond donors (Lipinski definition) is 2. The first-order valence-electron chi connectivity index (χ1n) is 11.8. The minimum Gasteiger partial charge on any atom is -0.368 e. The molecule has 4 aromatic rings. The maximum Gasteiger partial charge on any atom is 0.233 e. The molecule has 0 radical (unpaired) electrons. The monoisotopic (exact) mass is 466 g/mol. The number of anilines is 4. The maximum absolute atomic E-state index is 12.9. The minimum atomic E-state index is -0.0812. The average Bonchev–Trinajstić information content (AvgIpc) is 3.39. The van der Waals surface area contributed by atoms with Gasteiger partial charge in [-0.25, -0.2) is 14.6 Å². The number of carbonyl (C=O) groups excluding carboxylic acids is 1. The lowest BCUT2D eigenvalue weighted by molar-refractivity contribution is -0.129. The van der Waals surface area contributed by atoms with Crippen molar-refractivity contribution in [2.24, 2.45) is 12.5 Å². The summed E-state index contributed by atoms with van der Waals surface area (Å²) < 4.78 is 1.71. The number of nitrogen functional groups attached to an aromatic ring is 1. The largest absolute Gasteiger partial charge is 0.368 e. The van der Waals surface area contributed by atoms with Crippen molar-refractivity contribution in [1.29, 1.82) is 0 Å². The molecule has 9 heteroatoms. The highest BCUT2D eigenvalue weighted by molar-refractivity contribution is 6.00. The molecule has 2 aromatic carbocycles. The summed E-state index contributed by atoms with van der Waals surface area (Å²) in [6.45, 7) is 0.803. The zero-order valence-electron chi connectivity index (χ0n) is 19.5. The number of nitrogens with zero attached hydrogens (tertiary/aromatic N) is 6. The van der Waals surface area contributed by atoms with Gasteiger partial charge in [-0.3, -0.25) is 4.79 Å². The Morgan fingerprint density at radius 2 is 1.69 bits per heavy atom. The number of rotatable bonds is 5. The van der Waals surface area contributed by atoms with E-state index in [-0.39, 0.29) is 17.3 Å². The first-order chi connectivity index (χ1) is 17.0. The average molecular weight is 467 g/mol. The summed E-state index contributed by atoms with van der Waals surface area (Å²) in [7, 11) is 1.85. The van der Waals surface area contributed by atoms with Gasteiger partial charge in [-0.15, -0.1) is 5.10 Å². The molecule has 1 aliphatic carbocycles. The maximum atomic E-state index is 12.9. The molecule has 1 saturated carbocycles. The second-order valence-electron chi connectivity index (χ2n) is 9.27. The van der Waals surface area contributed by atoms with E-state index in [9.17, 15) is 4.79 Å². The quantitative estimate of drug-likeness (QED) is 0.453. The normalized spacial score (nSPS) is 16.5. The molecular formula is C26H26N8O. The van der Waals surface area contributed by atoms with E-state index in [1.807, 2.05) is 66.5 Å². The molecule has 2 fully saturated rings. The molecule has 6 rings (SSSR count). The summed E-state index contributed by atoms with van der Waals surface area (Å²) in [5, 5.41) is 7.89. The highest BCUT2D eigenvalue weighted by Crippen LogP contribution is 2.49. The van der Waals surface area contributed by atoms with Crippen molar-refractivity contribution in [2.45, 2.75) is 25.7 Å². The summed E-state index contributed by atoms with van der Waals surface area (Å²) in [5.74, 6) is 1.79. The fourth-order valence-corrected chi connectivity index (χ4v) is 4.93. The Kier molecular flexibility index (Phi) is 4.98. The molecule has 9 nitrogen and oxygen atoms in total. The summed E-state index contributed by atoms with van der Waals surface area (Å²) in [6, 6.07) is 17.6. The van der Waals surface area contributed by atoms with Gasteiger partial charge >= 0.3 is 0 Å². The number of nitrogens with two attached hydrogens (primary N) is 1. The van der Waals surface area contributed by atoms with Crippen LogP contribution >= 0.6 is 0 Å². The Morgan fingerprint density at radius 3 is 2.34 bits per heavy atom. The number of hydrogen-bond acceptors (Lipinski definition) is 7. The van der Waals surface area contributed by atoms with Crippen LogP contribution in [0.1, 0.15) is 25.7 Å². The minimum absolute atomic E-state index is 0.0812. The van der Waals surface area contributed by atoms with E-state index in [0.29, 0.717) is 11.8 Å². The van der Waals surface area contributed by atoms with Crippen molar-refractivity contribution in [3.63, 3.8) is 0 Å². The number of carbonyl (C=O) groups is 1. The first kappa shape index (κ1) is 21.3. The molecule has 2 aliphatic rings. The van der Waals surface area contributed by atoms with Gasteiger partial charge < -0.3 is 16.0 Å². The van der Waals surface area contributed by atoms with E-state index >= 15 is 0 Å². The van der Waals surface area contributed by atoms with Crippen molar-refractivity contribution in [3.8, 4) is 22.6 Å². The lowest BCUT2D eigenvalue weighted by Gasteiger charge is -2.36. The molecule has 1 aliphatic heterocycles. The Bertz CT molecular complexity index is 1390. The van der Waals surface area contributed by atoms with E-state index in [2.05, 4.69) is 25.4 Å². The number of aryl methyl sites for hydroxylation is 1. The van der Waals surface area contributed by atoms with Crippen LogP contribution in [-0.4, -0.2) is 37.2 Å². The van der Waals surface area contributed by atoms with Crippen LogP contribution in [0.25, 0.3) is 22.6 Å². The third kappa shape index (κ3) is 3.78. The van der Waals surface area contributed by atoms with Crippen LogP contribution in [0.2, 0.25) is 0 Å². The molecule has 35 heavy (non-hydrogen) atoms. The van der Waals surface area contributed by atoms with Crippen molar-refractivity contribution in [1.82, 2.24) is 24.7 Å². The van der Waals surface area contributed by atoms with Crippen LogP contribution in [-0.2, 0) is 11.8 Å². The molecule has 176 valence electrons. The number of amides is 1. The Balaban J connectivity index is 1.17. The predicted molar refractivity (Wildman–Crippen MR) is 135 cm³/mol. The van der Waals surface area contributed by atoms with E-state index in [1.165, 1.54) is 6.42 Å². The molecule has 3 N–H and O–H groups in total. The van der Waals surface area contributed by atoms with Crippen molar-refractivity contribution < 1.29 is 4.79 Å². The number of aromatic nitrogens is 5. The second-order valence-corrected chi connectivity index (χ2v) is 9.27. The fourth-order valence-electron chi connectivity index (χ4n) is 4.93. The zero-order chi connectivity index (χ0) is 24.0. The predicted octanol–water partition coefficient (Wildman–Crippen LogP) is 4.17. The lowest BCUT2D eigenvalue weighted by Crippen LogP contribution is -2.39. The van der Waals surface area contributed by atoms with Gasteiger partial charge in [0.05, 0.1) is 11.1 Å². The van der Waals surface area contributed by atoms with Crippen molar-refractivity contribution in [2.75, 3.05) is 22.5 Å². The van der Waals surface area contributed by atoms with Gasteiger partial charge in [-0.1, -0.05) is 18.6 Å². The third-order valence-electron chi connectivity index (χ3n) is 7.13. The van der Waals surface area contributed by atoms with E-state index in [0.717, 1.165) is 54.0 Å². The molecule has 3 heterocycles. The van der Waals surface area contributed by atoms with Crippen molar-refractivity contribution in [3.05, 3.63) is 60.8 Å². The topological polar surface area (TPSA) is 115 Å². The summed E-state index contributed by atoms with van der Waals surface area (Å²) in [4.78, 5) is 27.7. The van der Waals surface area contributed by atoms with E-state index in [1.54, 1.807) is 10.9 Å². The highest BCUT2D eigenvalue weighted by Gasteiger charge is 2.50. The van der Waals surface area contributed by atoms with Crippen LogP contribution in [0.4, 0.5) is 23.3 Å². The zero-order valence-corrected chi connectivity index (χ0v) is 19.5. The van der Waals surface area contributed by atoms with Crippen LogP contribution in [0.15, 0.2) is 60.8 Å². The van der Waals surface area contributed by atoms with Crippen LogP contribution in [0.3, 0.4) is 0 Å². The highest BCUT2D eigenvalue weighted by atomic mass is 16.2. The molecule has 0 unspecified atom stereocenters. The molecular weight excluding hydrogens is 440 g/mol. The summed E-state index contributed by atoms with van der Waals surface area (Å²) in [5.41, 5.74) is 10.1. The molecule has 1 amide bonds. The van der Waals surface area contributed by atoms with Crippen LogP contribution in [0.5, 0.6) is 0 Å². The second kappa shape index (κ2) is 8.19. The van der Waals surface area contributed by atoms with Crippen LogP contribution < -0.4 is 16.0 Å². The first-order valence-corrected chi connectivity index (χ1v) is 11.8. The molecule has 0 bridgehead atoms. The summed E-state index contributed by atoms with van der Waals surface area (Å²) >= 11 is 0. The molecule has 2 aromatic heterocycles. The standard InChI is InChI=1S/C26H26N8O/c1-33-25(29-19-7-3-17(4-8-19)21-11-15-28-24(27)30-21)31-22(32-33)18-5-9-20(10-6-18)34-16-14-26(23(34)35)12-2-13-26/h3-11,15H,2,12-14,16H2,1H3,(H2,27,28,30)(H,29,31,32). The van der Waals surface area contributed by atoms with Gasteiger partial charge in [-0.05, 0) is 61.7 Å². The molecule has 1 saturated heterocycles. The summed E-state index contributed by atoms with van der Waals surface area (Å²) in [6.07, 6.45) is 5.85.